The summed E-state index contributed by atoms with van der Waals surface area (Å²) in [6, 6.07) is 0. The molecule has 0 amide bonds. The maximum atomic E-state index is 5.31. The van der Waals surface area contributed by atoms with E-state index in [-0.39, 0.29) is 21.6 Å². The van der Waals surface area contributed by atoms with Gasteiger partial charge in [0.25, 0.3) is 0 Å². The Kier molecular flexibility index (Phi) is 16.0. The van der Waals surface area contributed by atoms with Gasteiger partial charge in [0, 0.05) is 13.2 Å². The summed E-state index contributed by atoms with van der Waals surface area (Å²) in [5.74, 6) is 0. The molecular weight excluding hydrogens is 139 g/mol. The molecule has 0 unspecified atom stereocenters. The number of rotatable bonds is 6. The normalized spacial score (nSPS) is 9.00. The van der Waals surface area contributed by atoms with Gasteiger partial charge in [-0.3, -0.25) is 0 Å². The standard InChI is InChI=1S/C8H18O.Al.3H/c1-3-5-7-9-8-6-4-2;;;;/h3-8H2,1-2H3;;;;/q;+3;3*-1. The molecule has 0 aromatic carbocycles. The molecule has 0 saturated heterocycles. The monoisotopic (exact) mass is 160 g/mol. The van der Waals surface area contributed by atoms with Crippen LogP contribution in [0.5, 0.6) is 0 Å². The van der Waals surface area contributed by atoms with E-state index in [4.69, 9.17) is 4.74 Å². The molecule has 62 valence electrons. The van der Waals surface area contributed by atoms with Crippen LogP contribution in [0.25, 0.3) is 0 Å². The Morgan fingerprint density at radius 3 is 1.70 bits per heavy atom. The van der Waals surface area contributed by atoms with Crippen LogP contribution in [-0.2, 0) is 4.74 Å². The molecule has 1 nitrogen and oxygen atoms in total. The predicted molar refractivity (Wildman–Crippen MR) is 49.7 cm³/mol. The fourth-order valence-corrected chi connectivity index (χ4v) is 0.595. The second-order valence-electron chi connectivity index (χ2n) is 2.32. The van der Waals surface area contributed by atoms with Crippen LogP contribution in [0.2, 0.25) is 0 Å². The molecule has 0 spiro atoms. The van der Waals surface area contributed by atoms with E-state index < -0.39 is 0 Å². The molecule has 2 heteroatoms. The number of unbranched alkanes of at least 4 members (excludes halogenated alkanes) is 2. The molecular formula is C8H21AlO. The zero-order chi connectivity index (χ0) is 6.95. The third-order valence-corrected chi connectivity index (χ3v) is 1.28. The van der Waals surface area contributed by atoms with Crippen molar-refractivity contribution in [2.24, 2.45) is 0 Å². The van der Waals surface area contributed by atoms with Crippen molar-refractivity contribution in [3.8, 4) is 0 Å². The summed E-state index contributed by atoms with van der Waals surface area (Å²) in [7, 11) is 0. The summed E-state index contributed by atoms with van der Waals surface area (Å²) in [4.78, 5) is 0. The van der Waals surface area contributed by atoms with Gasteiger partial charge in [0.1, 0.15) is 0 Å². The van der Waals surface area contributed by atoms with E-state index in [0.717, 1.165) is 13.2 Å². The average molecular weight is 160 g/mol. The molecule has 0 aliphatic rings. The molecule has 0 fully saturated rings. The van der Waals surface area contributed by atoms with Gasteiger partial charge in [0.15, 0.2) is 0 Å². The van der Waals surface area contributed by atoms with Crippen LogP contribution >= 0.6 is 0 Å². The SMILES string of the molecule is CCCCOCCCC.[Al+3].[H-].[H-].[H-]. The molecule has 0 aromatic heterocycles. The predicted octanol–water partition coefficient (Wildman–Crippen LogP) is 2.56. The summed E-state index contributed by atoms with van der Waals surface area (Å²) in [6.45, 7) is 6.28. The summed E-state index contributed by atoms with van der Waals surface area (Å²) in [6.07, 6.45) is 4.91. The Bertz CT molecular complexity index is 52.7. The van der Waals surface area contributed by atoms with Crippen molar-refractivity contribution in [1.29, 1.82) is 0 Å². The Balaban J connectivity index is -0.0000000533. The third kappa shape index (κ3) is 11.3. The van der Waals surface area contributed by atoms with Crippen LogP contribution in [0.1, 0.15) is 43.8 Å². The largest absolute Gasteiger partial charge is 3.00 e. The Morgan fingerprint density at radius 1 is 1.00 bits per heavy atom. The average Bonchev–Trinajstić information content (AvgIpc) is 1.89. The van der Waals surface area contributed by atoms with Crippen molar-refractivity contribution in [3.63, 3.8) is 0 Å². The first kappa shape index (κ1) is 13.1. The van der Waals surface area contributed by atoms with Crippen molar-refractivity contribution in [3.05, 3.63) is 0 Å². The second kappa shape index (κ2) is 12.2. The van der Waals surface area contributed by atoms with E-state index in [2.05, 4.69) is 13.8 Å². The first-order chi connectivity index (χ1) is 4.41. The van der Waals surface area contributed by atoms with E-state index in [9.17, 15) is 0 Å². The maximum absolute atomic E-state index is 5.31. The van der Waals surface area contributed by atoms with Gasteiger partial charge >= 0.3 is 17.4 Å². The first-order valence-electron chi connectivity index (χ1n) is 3.99. The van der Waals surface area contributed by atoms with Gasteiger partial charge < -0.3 is 9.02 Å². The zero-order valence-electron chi connectivity index (χ0n) is 10.2. The van der Waals surface area contributed by atoms with E-state index in [1.165, 1.54) is 25.7 Å². The summed E-state index contributed by atoms with van der Waals surface area (Å²) in [5.41, 5.74) is 0. The van der Waals surface area contributed by atoms with Crippen molar-refractivity contribution >= 4 is 17.4 Å². The number of hydrogen-bond donors (Lipinski definition) is 0. The Morgan fingerprint density at radius 2 is 1.40 bits per heavy atom. The van der Waals surface area contributed by atoms with Gasteiger partial charge in [0.2, 0.25) is 0 Å². The van der Waals surface area contributed by atoms with Crippen LogP contribution in [0.4, 0.5) is 0 Å². The molecule has 0 saturated carbocycles. The van der Waals surface area contributed by atoms with Gasteiger partial charge in [-0.25, -0.2) is 0 Å². The van der Waals surface area contributed by atoms with Crippen molar-refractivity contribution in [2.45, 2.75) is 39.5 Å². The first-order valence-corrected chi connectivity index (χ1v) is 3.99. The summed E-state index contributed by atoms with van der Waals surface area (Å²) < 4.78 is 5.31. The number of ether oxygens (including phenoxy) is 1. The minimum atomic E-state index is 0. The maximum Gasteiger partial charge on any atom is 3.00 e. The van der Waals surface area contributed by atoms with Crippen molar-refractivity contribution in [2.75, 3.05) is 13.2 Å². The van der Waals surface area contributed by atoms with Crippen LogP contribution in [-0.4, -0.2) is 30.6 Å². The molecule has 0 bridgehead atoms. The molecule has 0 aromatic rings. The smallest absolute Gasteiger partial charge is 1.00 e. The number of hydrogen-bond acceptors (Lipinski definition) is 1. The third-order valence-electron chi connectivity index (χ3n) is 1.28. The molecule has 0 aliphatic carbocycles. The molecule has 0 atom stereocenters. The fraction of sp³-hybridized carbons (Fsp3) is 1.00. The van der Waals surface area contributed by atoms with E-state index in [1.54, 1.807) is 0 Å². The van der Waals surface area contributed by atoms with Crippen LogP contribution < -0.4 is 0 Å². The molecule has 0 radical (unpaired) electrons. The molecule has 0 heterocycles. The van der Waals surface area contributed by atoms with Gasteiger partial charge in [-0.2, -0.15) is 0 Å². The summed E-state index contributed by atoms with van der Waals surface area (Å²) >= 11 is 0. The summed E-state index contributed by atoms with van der Waals surface area (Å²) in [5, 5.41) is 0. The van der Waals surface area contributed by atoms with Gasteiger partial charge in [-0.15, -0.1) is 0 Å². The van der Waals surface area contributed by atoms with Crippen molar-refractivity contribution in [1.82, 2.24) is 0 Å². The zero-order valence-corrected chi connectivity index (χ0v) is 8.38. The van der Waals surface area contributed by atoms with Crippen LogP contribution in [0, 0.1) is 0 Å². The molecule has 10 heavy (non-hydrogen) atoms. The van der Waals surface area contributed by atoms with E-state index >= 15 is 0 Å². The molecule has 0 rings (SSSR count). The Hall–Kier alpha value is 0.492. The Labute approximate surface area is 79.7 Å². The van der Waals surface area contributed by atoms with E-state index in [1.807, 2.05) is 0 Å². The molecule has 0 N–H and O–H groups in total. The van der Waals surface area contributed by atoms with Crippen LogP contribution in [0.3, 0.4) is 0 Å². The minimum absolute atomic E-state index is 0. The molecule has 0 aliphatic heterocycles. The topological polar surface area (TPSA) is 9.23 Å². The second-order valence-corrected chi connectivity index (χ2v) is 2.32. The van der Waals surface area contributed by atoms with E-state index in [0.29, 0.717) is 0 Å². The van der Waals surface area contributed by atoms with Gasteiger partial charge in [-0.05, 0) is 12.8 Å². The quantitative estimate of drug-likeness (QED) is 0.428. The minimum Gasteiger partial charge on any atom is -1.00 e. The fourth-order valence-electron chi connectivity index (χ4n) is 0.595. The van der Waals surface area contributed by atoms with Crippen LogP contribution in [0.15, 0.2) is 0 Å². The van der Waals surface area contributed by atoms with Gasteiger partial charge in [-0.1, -0.05) is 26.7 Å². The van der Waals surface area contributed by atoms with Gasteiger partial charge in [0.05, 0.1) is 0 Å². The van der Waals surface area contributed by atoms with Crippen molar-refractivity contribution < 1.29 is 9.02 Å².